The summed E-state index contributed by atoms with van der Waals surface area (Å²) in [6.45, 7) is 9.21. The number of likely N-dealkylation sites (tertiary alicyclic amines) is 1. The van der Waals surface area contributed by atoms with E-state index in [9.17, 15) is 0 Å². The smallest absolute Gasteiger partial charge is 0.0278 e. The molecule has 3 nitrogen and oxygen atoms in total. The lowest BCUT2D eigenvalue weighted by Crippen LogP contribution is -2.51. The van der Waals surface area contributed by atoms with Crippen LogP contribution in [0.1, 0.15) is 39.5 Å². The first-order valence-electron chi connectivity index (χ1n) is 7.15. The number of hydrogen-bond donors (Lipinski definition) is 1. The van der Waals surface area contributed by atoms with E-state index < -0.39 is 0 Å². The van der Waals surface area contributed by atoms with Gasteiger partial charge in [0.2, 0.25) is 0 Å². The van der Waals surface area contributed by atoms with Crippen molar-refractivity contribution in [2.75, 3.05) is 40.3 Å². The van der Waals surface area contributed by atoms with Crippen LogP contribution < -0.4 is 5.73 Å². The van der Waals surface area contributed by atoms with Crippen LogP contribution in [-0.4, -0.2) is 55.6 Å². The molecule has 0 aromatic carbocycles. The normalized spacial score (nSPS) is 20.1. The van der Waals surface area contributed by atoms with Gasteiger partial charge in [-0.25, -0.2) is 0 Å². The van der Waals surface area contributed by atoms with Gasteiger partial charge in [-0.2, -0.15) is 0 Å². The molecule has 1 aliphatic heterocycles. The second kappa shape index (κ2) is 6.72. The molecule has 1 aliphatic rings. The van der Waals surface area contributed by atoms with Gasteiger partial charge in [-0.05, 0) is 58.8 Å². The zero-order chi connectivity index (χ0) is 12.9. The molecule has 0 atom stereocenters. The monoisotopic (exact) mass is 241 g/mol. The van der Waals surface area contributed by atoms with Gasteiger partial charge in [-0.3, -0.25) is 0 Å². The van der Waals surface area contributed by atoms with Crippen molar-refractivity contribution in [3.63, 3.8) is 0 Å². The minimum atomic E-state index is 0.0361. The highest BCUT2D eigenvalue weighted by Crippen LogP contribution is 2.21. The molecule has 0 radical (unpaired) electrons. The molecule has 0 unspecified atom stereocenters. The molecule has 0 aromatic rings. The second-order valence-corrected chi connectivity index (χ2v) is 6.05. The second-order valence-electron chi connectivity index (χ2n) is 6.05. The summed E-state index contributed by atoms with van der Waals surface area (Å²) < 4.78 is 0. The molecular formula is C14H31N3. The lowest BCUT2D eigenvalue weighted by molar-refractivity contribution is 0.130. The largest absolute Gasteiger partial charge is 0.324 e. The molecule has 0 aromatic heterocycles. The average Bonchev–Trinajstić information content (AvgIpc) is 2.31. The highest BCUT2D eigenvalue weighted by Gasteiger charge is 2.27. The van der Waals surface area contributed by atoms with Gasteiger partial charge in [-0.15, -0.1) is 0 Å². The van der Waals surface area contributed by atoms with Gasteiger partial charge in [0.05, 0.1) is 0 Å². The molecular weight excluding hydrogens is 210 g/mol. The number of piperidine rings is 1. The molecule has 1 saturated heterocycles. The Kier molecular flexibility index (Phi) is 5.90. The molecule has 17 heavy (non-hydrogen) atoms. The Morgan fingerprint density at radius 3 is 2.12 bits per heavy atom. The van der Waals surface area contributed by atoms with Crippen LogP contribution in [0.2, 0.25) is 0 Å². The van der Waals surface area contributed by atoms with Crippen molar-refractivity contribution < 1.29 is 0 Å². The first-order chi connectivity index (χ1) is 7.99. The van der Waals surface area contributed by atoms with Crippen molar-refractivity contribution in [1.82, 2.24) is 9.80 Å². The topological polar surface area (TPSA) is 32.5 Å². The molecule has 2 N–H and O–H groups in total. The Hall–Kier alpha value is -0.120. The Labute approximate surface area is 107 Å². The molecule has 3 heteroatoms. The molecule has 0 amide bonds. The number of hydrogen-bond acceptors (Lipinski definition) is 3. The molecule has 1 heterocycles. The standard InChI is InChI=1S/C14H31N3/c1-5-14(15,6-2)12-17-9-7-13(8-10-17)11-16(3)4/h13H,5-12,15H2,1-4H3. The maximum absolute atomic E-state index is 6.39. The van der Waals surface area contributed by atoms with Crippen LogP contribution in [0, 0.1) is 5.92 Å². The molecule has 0 aliphatic carbocycles. The Morgan fingerprint density at radius 1 is 1.18 bits per heavy atom. The third-order valence-electron chi connectivity index (χ3n) is 4.28. The van der Waals surface area contributed by atoms with Crippen molar-refractivity contribution in [3.8, 4) is 0 Å². The quantitative estimate of drug-likeness (QED) is 0.769. The highest BCUT2D eigenvalue weighted by molar-refractivity contribution is 4.86. The summed E-state index contributed by atoms with van der Waals surface area (Å²) in [5.41, 5.74) is 6.43. The zero-order valence-electron chi connectivity index (χ0n) is 12.2. The first-order valence-corrected chi connectivity index (χ1v) is 7.15. The van der Waals surface area contributed by atoms with Crippen molar-refractivity contribution in [2.45, 2.75) is 45.1 Å². The fourth-order valence-corrected chi connectivity index (χ4v) is 2.76. The molecule has 0 spiro atoms. The minimum Gasteiger partial charge on any atom is -0.324 e. The summed E-state index contributed by atoms with van der Waals surface area (Å²) in [5, 5.41) is 0. The summed E-state index contributed by atoms with van der Waals surface area (Å²) in [4.78, 5) is 4.88. The molecule has 0 bridgehead atoms. The predicted molar refractivity (Wildman–Crippen MR) is 75.2 cm³/mol. The van der Waals surface area contributed by atoms with Gasteiger partial charge in [0, 0.05) is 18.6 Å². The SMILES string of the molecule is CCC(N)(CC)CN1CCC(CN(C)C)CC1. The highest BCUT2D eigenvalue weighted by atomic mass is 15.2. The van der Waals surface area contributed by atoms with Crippen LogP contribution in [0.25, 0.3) is 0 Å². The zero-order valence-corrected chi connectivity index (χ0v) is 12.2. The summed E-state index contributed by atoms with van der Waals surface area (Å²) in [7, 11) is 4.34. The van der Waals surface area contributed by atoms with Crippen LogP contribution >= 0.6 is 0 Å². The van der Waals surface area contributed by atoms with Crippen LogP contribution in [-0.2, 0) is 0 Å². The minimum absolute atomic E-state index is 0.0361. The third-order valence-corrected chi connectivity index (χ3v) is 4.28. The van der Waals surface area contributed by atoms with E-state index >= 15 is 0 Å². The van der Waals surface area contributed by atoms with Gasteiger partial charge < -0.3 is 15.5 Å². The van der Waals surface area contributed by atoms with Gasteiger partial charge in [-0.1, -0.05) is 13.8 Å². The van der Waals surface area contributed by atoms with Gasteiger partial charge in [0.25, 0.3) is 0 Å². The van der Waals surface area contributed by atoms with E-state index in [-0.39, 0.29) is 5.54 Å². The number of rotatable bonds is 6. The lowest BCUT2D eigenvalue weighted by Gasteiger charge is -2.38. The van der Waals surface area contributed by atoms with E-state index in [1.165, 1.54) is 32.5 Å². The van der Waals surface area contributed by atoms with E-state index in [0.717, 1.165) is 25.3 Å². The first kappa shape index (κ1) is 14.9. The van der Waals surface area contributed by atoms with Crippen LogP contribution in [0.5, 0.6) is 0 Å². The Morgan fingerprint density at radius 2 is 1.71 bits per heavy atom. The molecule has 1 rings (SSSR count). The maximum atomic E-state index is 6.39. The predicted octanol–water partition coefficient (Wildman–Crippen LogP) is 1.78. The Bertz CT molecular complexity index is 204. The summed E-state index contributed by atoms with van der Waals surface area (Å²) in [6, 6.07) is 0. The van der Waals surface area contributed by atoms with Gasteiger partial charge >= 0.3 is 0 Å². The van der Waals surface area contributed by atoms with Crippen molar-refractivity contribution in [3.05, 3.63) is 0 Å². The lowest BCUT2D eigenvalue weighted by atomic mass is 9.90. The van der Waals surface area contributed by atoms with Crippen molar-refractivity contribution >= 4 is 0 Å². The summed E-state index contributed by atoms with van der Waals surface area (Å²) in [5.74, 6) is 0.886. The van der Waals surface area contributed by atoms with Gasteiger partial charge in [0.15, 0.2) is 0 Å². The number of nitrogens with zero attached hydrogens (tertiary/aromatic N) is 2. The van der Waals surface area contributed by atoms with E-state index in [2.05, 4.69) is 37.7 Å². The third kappa shape index (κ3) is 4.94. The van der Waals surface area contributed by atoms with Crippen LogP contribution in [0.4, 0.5) is 0 Å². The number of nitrogens with two attached hydrogens (primary N) is 1. The maximum Gasteiger partial charge on any atom is 0.0278 e. The van der Waals surface area contributed by atoms with Crippen molar-refractivity contribution in [2.24, 2.45) is 11.7 Å². The average molecular weight is 241 g/mol. The summed E-state index contributed by atoms with van der Waals surface area (Å²) in [6.07, 6.45) is 4.84. The molecule has 102 valence electrons. The fraction of sp³-hybridized carbons (Fsp3) is 1.00. The van der Waals surface area contributed by atoms with Crippen LogP contribution in [0.3, 0.4) is 0 Å². The fourth-order valence-electron chi connectivity index (χ4n) is 2.76. The van der Waals surface area contributed by atoms with Crippen molar-refractivity contribution in [1.29, 1.82) is 0 Å². The van der Waals surface area contributed by atoms with E-state index in [1.807, 2.05) is 0 Å². The Balaban J connectivity index is 2.32. The van der Waals surface area contributed by atoms with Crippen LogP contribution in [0.15, 0.2) is 0 Å². The van der Waals surface area contributed by atoms with E-state index in [4.69, 9.17) is 5.73 Å². The summed E-state index contributed by atoms with van der Waals surface area (Å²) >= 11 is 0. The van der Waals surface area contributed by atoms with E-state index in [1.54, 1.807) is 0 Å². The van der Waals surface area contributed by atoms with E-state index in [0.29, 0.717) is 0 Å². The molecule has 0 saturated carbocycles. The molecule has 1 fully saturated rings. The van der Waals surface area contributed by atoms with Gasteiger partial charge in [0.1, 0.15) is 0 Å².